The average Bonchev–Trinajstić information content (AvgIpc) is 2.93. The maximum atomic E-state index is 4.56. The Hall–Kier alpha value is -1.84. The molecule has 1 aromatic carbocycles. The van der Waals surface area contributed by atoms with Gasteiger partial charge in [0.2, 0.25) is 0 Å². The molecule has 1 aromatic heterocycles. The number of hydrogen-bond donors (Lipinski definition) is 1. The van der Waals surface area contributed by atoms with Crippen LogP contribution in [0.5, 0.6) is 0 Å². The van der Waals surface area contributed by atoms with Gasteiger partial charge in [-0.3, -0.25) is 0 Å². The SMILES string of the molecule is CCc1nc(-c2ccc3c(c2)CCN3)n(C)n1. The van der Waals surface area contributed by atoms with E-state index in [1.807, 2.05) is 11.7 Å². The minimum Gasteiger partial charge on any atom is -0.384 e. The highest BCUT2D eigenvalue weighted by Gasteiger charge is 2.13. The Bertz CT molecular complexity index is 557. The van der Waals surface area contributed by atoms with Crippen LogP contribution in [0.15, 0.2) is 18.2 Å². The second kappa shape index (κ2) is 3.87. The summed E-state index contributed by atoms with van der Waals surface area (Å²) in [6.45, 7) is 3.11. The van der Waals surface area contributed by atoms with Crippen LogP contribution in [-0.2, 0) is 19.9 Å². The number of fused-ring (bicyclic) bond motifs is 1. The van der Waals surface area contributed by atoms with Crippen molar-refractivity contribution in [3.63, 3.8) is 0 Å². The summed E-state index contributed by atoms with van der Waals surface area (Å²) in [5, 5.41) is 7.76. The van der Waals surface area contributed by atoms with E-state index in [0.717, 1.165) is 36.6 Å². The minimum absolute atomic E-state index is 0.875. The second-order valence-corrected chi connectivity index (χ2v) is 4.38. The van der Waals surface area contributed by atoms with Gasteiger partial charge in [-0.25, -0.2) is 9.67 Å². The van der Waals surface area contributed by atoms with Gasteiger partial charge >= 0.3 is 0 Å². The normalized spacial score (nSPS) is 13.5. The standard InChI is InChI=1S/C13H16N4/c1-3-12-15-13(17(2)16-12)10-4-5-11-9(8-10)6-7-14-11/h4-5,8,14H,3,6-7H2,1-2H3. The van der Waals surface area contributed by atoms with Crippen molar-refractivity contribution in [2.24, 2.45) is 7.05 Å². The van der Waals surface area contributed by atoms with Gasteiger partial charge in [-0.05, 0) is 30.2 Å². The molecule has 4 nitrogen and oxygen atoms in total. The van der Waals surface area contributed by atoms with E-state index in [2.05, 4.69) is 40.5 Å². The second-order valence-electron chi connectivity index (χ2n) is 4.38. The molecular weight excluding hydrogens is 212 g/mol. The van der Waals surface area contributed by atoms with Gasteiger partial charge < -0.3 is 5.32 Å². The summed E-state index contributed by atoms with van der Waals surface area (Å²) in [4.78, 5) is 4.56. The largest absolute Gasteiger partial charge is 0.384 e. The maximum Gasteiger partial charge on any atom is 0.158 e. The molecule has 2 aromatic rings. The van der Waals surface area contributed by atoms with E-state index in [1.165, 1.54) is 11.3 Å². The van der Waals surface area contributed by atoms with Gasteiger partial charge in [-0.15, -0.1) is 0 Å². The van der Waals surface area contributed by atoms with Gasteiger partial charge in [-0.2, -0.15) is 5.10 Å². The summed E-state index contributed by atoms with van der Waals surface area (Å²) >= 11 is 0. The van der Waals surface area contributed by atoms with Crippen LogP contribution in [-0.4, -0.2) is 21.3 Å². The fourth-order valence-corrected chi connectivity index (χ4v) is 2.28. The Morgan fingerprint density at radius 3 is 3.06 bits per heavy atom. The Kier molecular flexibility index (Phi) is 2.35. The van der Waals surface area contributed by atoms with Crippen LogP contribution in [0.25, 0.3) is 11.4 Å². The van der Waals surface area contributed by atoms with E-state index in [9.17, 15) is 0 Å². The fourth-order valence-electron chi connectivity index (χ4n) is 2.28. The summed E-state index contributed by atoms with van der Waals surface area (Å²) in [6.07, 6.45) is 1.97. The molecule has 0 unspecified atom stereocenters. The first-order chi connectivity index (χ1) is 8.28. The number of anilines is 1. The lowest BCUT2D eigenvalue weighted by molar-refractivity contribution is 0.752. The van der Waals surface area contributed by atoms with Crippen LogP contribution < -0.4 is 5.32 Å². The molecule has 4 heteroatoms. The maximum absolute atomic E-state index is 4.56. The molecule has 0 fully saturated rings. The van der Waals surface area contributed by atoms with Crippen LogP contribution in [0.3, 0.4) is 0 Å². The molecule has 17 heavy (non-hydrogen) atoms. The highest BCUT2D eigenvalue weighted by molar-refractivity contribution is 5.65. The molecule has 0 bridgehead atoms. The molecule has 2 heterocycles. The van der Waals surface area contributed by atoms with E-state index >= 15 is 0 Å². The monoisotopic (exact) mass is 228 g/mol. The smallest absolute Gasteiger partial charge is 0.158 e. The molecule has 88 valence electrons. The van der Waals surface area contributed by atoms with Crippen LogP contribution in [0.2, 0.25) is 0 Å². The van der Waals surface area contributed by atoms with Gasteiger partial charge in [0.05, 0.1) is 0 Å². The zero-order valence-electron chi connectivity index (χ0n) is 10.2. The predicted molar refractivity (Wildman–Crippen MR) is 68.0 cm³/mol. The third-order valence-electron chi connectivity index (χ3n) is 3.20. The number of nitrogens with one attached hydrogen (secondary N) is 1. The lowest BCUT2D eigenvalue weighted by atomic mass is 10.1. The lowest BCUT2D eigenvalue weighted by Gasteiger charge is -2.03. The van der Waals surface area contributed by atoms with E-state index in [4.69, 9.17) is 0 Å². The van der Waals surface area contributed by atoms with Gasteiger partial charge in [0.1, 0.15) is 0 Å². The van der Waals surface area contributed by atoms with Gasteiger partial charge in [0.15, 0.2) is 11.6 Å². The van der Waals surface area contributed by atoms with Crippen molar-refractivity contribution in [1.29, 1.82) is 0 Å². The number of rotatable bonds is 2. The van der Waals surface area contributed by atoms with Gasteiger partial charge in [0, 0.05) is 31.3 Å². The fraction of sp³-hybridized carbons (Fsp3) is 0.385. The van der Waals surface area contributed by atoms with E-state index in [1.54, 1.807) is 0 Å². The topological polar surface area (TPSA) is 42.7 Å². The summed E-state index contributed by atoms with van der Waals surface area (Å²) < 4.78 is 1.86. The Labute approximate surface area is 101 Å². The average molecular weight is 228 g/mol. The summed E-state index contributed by atoms with van der Waals surface area (Å²) in [7, 11) is 1.95. The molecule has 1 aliphatic heterocycles. The number of benzene rings is 1. The number of aromatic nitrogens is 3. The Morgan fingerprint density at radius 1 is 1.41 bits per heavy atom. The molecule has 3 rings (SSSR count). The van der Waals surface area contributed by atoms with Crippen molar-refractivity contribution in [1.82, 2.24) is 14.8 Å². The first kappa shape index (κ1) is 10.3. The molecule has 0 saturated carbocycles. The van der Waals surface area contributed by atoms with Crippen molar-refractivity contribution in [3.05, 3.63) is 29.6 Å². The van der Waals surface area contributed by atoms with E-state index in [0.29, 0.717) is 0 Å². The van der Waals surface area contributed by atoms with Crippen molar-refractivity contribution >= 4 is 5.69 Å². The highest BCUT2D eigenvalue weighted by Crippen LogP contribution is 2.27. The first-order valence-corrected chi connectivity index (χ1v) is 6.05. The van der Waals surface area contributed by atoms with Crippen molar-refractivity contribution in [3.8, 4) is 11.4 Å². The van der Waals surface area contributed by atoms with E-state index in [-0.39, 0.29) is 0 Å². The third kappa shape index (κ3) is 1.69. The van der Waals surface area contributed by atoms with Crippen molar-refractivity contribution in [2.45, 2.75) is 19.8 Å². The number of hydrogen-bond acceptors (Lipinski definition) is 3. The van der Waals surface area contributed by atoms with Crippen LogP contribution in [0.4, 0.5) is 5.69 Å². The van der Waals surface area contributed by atoms with Crippen molar-refractivity contribution < 1.29 is 0 Å². The molecule has 1 aliphatic rings. The van der Waals surface area contributed by atoms with Crippen LogP contribution >= 0.6 is 0 Å². The number of aryl methyl sites for hydroxylation is 2. The van der Waals surface area contributed by atoms with E-state index < -0.39 is 0 Å². The predicted octanol–water partition coefficient (Wildman–Crippen LogP) is 2.01. The molecular formula is C13H16N4. The quantitative estimate of drug-likeness (QED) is 0.855. The molecule has 0 spiro atoms. The van der Waals surface area contributed by atoms with Crippen LogP contribution in [0.1, 0.15) is 18.3 Å². The summed E-state index contributed by atoms with van der Waals surface area (Å²) in [5.41, 5.74) is 3.79. The Balaban J connectivity index is 2.06. The molecule has 0 atom stereocenters. The van der Waals surface area contributed by atoms with Gasteiger partial charge in [0.25, 0.3) is 0 Å². The molecule has 0 saturated heterocycles. The number of nitrogens with zero attached hydrogens (tertiary/aromatic N) is 3. The third-order valence-corrected chi connectivity index (χ3v) is 3.20. The highest BCUT2D eigenvalue weighted by atomic mass is 15.3. The zero-order chi connectivity index (χ0) is 11.8. The molecule has 0 amide bonds. The first-order valence-electron chi connectivity index (χ1n) is 6.05. The molecule has 1 N–H and O–H groups in total. The van der Waals surface area contributed by atoms with Crippen LogP contribution in [0, 0.1) is 0 Å². The summed E-state index contributed by atoms with van der Waals surface area (Å²) in [6, 6.07) is 6.47. The Morgan fingerprint density at radius 2 is 2.29 bits per heavy atom. The summed E-state index contributed by atoms with van der Waals surface area (Å²) in [5.74, 6) is 1.86. The zero-order valence-corrected chi connectivity index (χ0v) is 10.2. The lowest BCUT2D eigenvalue weighted by Crippen LogP contribution is -1.95. The molecule has 0 radical (unpaired) electrons. The molecule has 0 aliphatic carbocycles. The van der Waals surface area contributed by atoms with Gasteiger partial charge in [-0.1, -0.05) is 6.92 Å². The van der Waals surface area contributed by atoms with Crippen molar-refractivity contribution in [2.75, 3.05) is 11.9 Å². The minimum atomic E-state index is 0.875.